The number of aliphatic hydroxyl groups is 1. The van der Waals surface area contributed by atoms with Crippen LogP contribution in [0.3, 0.4) is 0 Å². The van der Waals surface area contributed by atoms with Crippen LogP contribution < -0.4 is 5.32 Å². The second-order valence-corrected chi connectivity index (χ2v) is 4.07. The largest absolute Gasteiger partial charge is 0.396 e. The van der Waals surface area contributed by atoms with Gasteiger partial charge in [0.1, 0.15) is 0 Å². The van der Waals surface area contributed by atoms with Crippen LogP contribution in [-0.4, -0.2) is 18.3 Å². The number of benzene rings is 1. The number of hydrogen-bond donors (Lipinski definition) is 2. The maximum absolute atomic E-state index is 8.95. The van der Waals surface area contributed by atoms with Crippen molar-refractivity contribution >= 4 is 0 Å². The van der Waals surface area contributed by atoms with E-state index in [1.807, 2.05) is 13.0 Å². The molecule has 2 atom stereocenters. The number of hydrogen-bond acceptors (Lipinski definition) is 2. The first kappa shape index (κ1) is 12.2. The second kappa shape index (κ2) is 6.59. The molecule has 0 heterocycles. The molecule has 0 aromatic heterocycles. The molecule has 0 fully saturated rings. The van der Waals surface area contributed by atoms with Crippen molar-refractivity contribution in [2.45, 2.75) is 26.3 Å². The van der Waals surface area contributed by atoms with Crippen molar-refractivity contribution in [2.24, 2.45) is 5.92 Å². The lowest BCUT2D eigenvalue weighted by molar-refractivity contribution is 0.229. The molecule has 15 heavy (non-hydrogen) atoms. The summed E-state index contributed by atoms with van der Waals surface area (Å²) in [6, 6.07) is 10.9. The topological polar surface area (TPSA) is 32.3 Å². The van der Waals surface area contributed by atoms with Gasteiger partial charge in [-0.25, -0.2) is 0 Å². The molecular formula is C13H21NO. The number of aliphatic hydroxyl groups excluding tert-OH is 1. The molecule has 0 amide bonds. The summed E-state index contributed by atoms with van der Waals surface area (Å²) in [6.45, 7) is 5.33. The molecule has 0 saturated heterocycles. The van der Waals surface area contributed by atoms with E-state index >= 15 is 0 Å². The maximum atomic E-state index is 8.95. The molecule has 1 rings (SSSR count). The van der Waals surface area contributed by atoms with Gasteiger partial charge in [-0.15, -0.1) is 0 Å². The molecule has 1 aromatic rings. The highest BCUT2D eigenvalue weighted by atomic mass is 16.3. The Bertz CT molecular complexity index is 260. The summed E-state index contributed by atoms with van der Waals surface area (Å²) in [5.41, 5.74) is 1.32. The van der Waals surface area contributed by atoms with E-state index < -0.39 is 0 Å². The van der Waals surface area contributed by atoms with E-state index in [0.717, 1.165) is 13.0 Å². The van der Waals surface area contributed by atoms with Crippen LogP contribution in [0.2, 0.25) is 0 Å². The Morgan fingerprint density at radius 1 is 1.27 bits per heavy atom. The Morgan fingerprint density at radius 3 is 2.47 bits per heavy atom. The Hall–Kier alpha value is -0.860. The van der Waals surface area contributed by atoms with Gasteiger partial charge in [-0.3, -0.25) is 0 Å². The molecule has 0 radical (unpaired) electrons. The Labute approximate surface area is 92.3 Å². The SMILES string of the molecule is CCC(NCC(C)CO)c1ccccc1. The van der Waals surface area contributed by atoms with Gasteiger partial charge < -0.3 is 10.4 Å². The first-order valence-corrected chi connectivity index (χ1v) is 5.67. The van der Waals surface area contributed by atoms with E-state index in [9.17, 15) is 0 Å². The Morgan fingerprint density at radius 2 is 1.93 bits per heavy atom. The lowest BCUT2D eigenvalue weighted by Gasteiger charge is -2.19. The molecular weight excluding hydrogens is 186 g/mol. The molecule has 2 N–H and O–H groups in total. The van der Waals surface area contributed by atoms with Crippen LogP contribution in [-0.2, 0) is 0 Å². The molecule has 2 heteroatoms. The molecule has 0 bridgehead atoms. The molecule has 0 aliphatic rings. The van der Waals surface area contributed by atoms with Crippen LogP contribution in [0.15, 0.2) is 30.3 Å². The molecule has 2 nitrogen and oxygen atoms in total. The van der Waals surface area contributed by atoms with E-state index in [2.05, 4.69) is 36.5 Å². The van der Waals surface area contributed by atoms with Crippen molar-refractivity contribution in [2.75, 3.05) is 13.2 Å². The van der Waals surface area contributed by atoms with E-state index in [0.29, 0.717) is 12.0 Å². The van der Waals surface area contributed by atoms with Gasteiger partial charge in [-0.05, 0) is 17.9 Å². The highest BCUT2D eigenvalue weighted by molar-refractivity contribution is 5.18. The zero-order valence-electron chi connectivity index (χ0n) is 9.61. The van der Waals surface area contributed by atoms with Gasteiger partial charge in [0.15, 0.2) is 0 Å². The van der Waals surface area contributed by atoms with Crippen molar-refractivity contribution in [1.82, 2.24) is 5.32 Å². The van der Waals surface area contributed by atoms with Crippen molar-refractivity contribution < 1.29 is 5.11 Å². The summed E-state index contributed by atoms with van der Waals surface area (Å²) in [6.07, 6.45) is 1.07. The van der Waals surface area contributed by atoms with Crippen molar-refractivity contribution in [3.05, 3.63) is 35.9 Å². The van der Waals surface area contributed by atoms with Gasteiger partial charge >= 0.3 is 0 Å². The summed E-state index contributed by atoms with van der Waals surface area (Å²) in [4.78, 5) is 0. The summed E-state index contributed by atoms with van der Waals surface area (Å²) < 4.78 is 0. The van der Waals surface area contributed by atoms with Crippen LogP contribution >= 0.6 is 0 Å². The fourth-order valence-corrected chi connectivity index (χ4v) is 1.59. The predicted molar refractivity (Wildman–Crippen MR) is 63.7 cm³/mol. The van der Waals surface area contributed by atoms with Crippen LogP contribution in [0, 0.1) is 5.92 Å². The van der Waals surface area contributed by atoms with Crippen molar-refractivity contribution in [3.63, 3.8) is 0 Å². The first-order chi connectivity index (χ1) is 7.27. The summed E-state index contributed by atoms with van der Waals surface area (Å²) in [5, 5.41) is 12.4. The van der Waals surface area contributed by atoms with Gasteiger partial charge in [0.05, 0.1) is 0 Å². The number of nitrogens with one attached hydrogen (secondary N) is 1. The van der Waals surface area contributed by atoms with Gasteiger partial charge in [0, 0.05) is 19.2 Å². The average molecular weight is 207 g/mol. The van der Waals surface area contributed by atoms with Crippen LogP contribution in [0.25, 0.3) is 0 Å². The predicted octanol–water partition coefficient (Wildman–Crippen LogP) is 2.36. The lowest BCUT2D eigenvalue weighted by Crippen LogP contribution is -2.27. The van der Waals surface area contributed by atoms with Crippen LogP contribution in [0.1, 0.15) is 31.9 Å². The fraction of sp³-hybridized carbons (Fsp3) is 0.538. The van der Waals surface area contributed by atoms with Crippen LogP contribution in [0.4, 0.5) is 0 Å². The molecule has 0 saturated carbocycles. The molecule has 2 unspecified atom stereocenters. The standard InChI is InChI=1S/C13H21NO/c1-3-13(14-9-11(2)10-15)12-7-5-4-6-8-12/h4-8,11,13-15H,3,9-10H2,1-2H3. The van der Waals surface area contributed by atoms with Crippen molar-refractivity contribution in [1.29, 1.82) is 0 Å². The molecule has 1 aromatic carbocycles. The van der Waals surface area contributed by atoms with Gasteiger partial charge in [0.2, 0.25) is 0 Å². The third kappa shape index (κ3) is 4.02. The Kier molecular flexibility index (Phi) is 5.37. The van der Waals surface area contributed by atoms with E-state index in [-0.39, 0.29) is 6.61 Å². The third-order valence-corrected chi connectivity index (χ3v) is 2.63. The maximum Gasteiger partial charge on any atom is 0.0468 e. The quantitative estimate of drug-likeness (QED) is 0.750. The fourth-order valence-electron chi connectivity index (χ4n) is 1.59. The zero-order chi connectivity index (χ0) is 11.1. The van der Waals surface area contributed by atoms with Gasteiger partial charge in [-0.1, -0.05) is 44.2 Å². The summed E-state index contributed by atoms with van der Waals surface area (Å²) in [7, 11) is 0. The zero-order valence-corrected chi connectivity index (χ0v) is 9.61. The smallest absolute Gasteiger partial charge is 0.0468 e. The highest BCUT2D eigenvalue weighted by Gasteiger charge is 2.09. The van der Waals surface area contributed by atoms with E-state index in [1.54, 1.807) is 0 Å². The van der Waals surface area contributed by atoms with Gasteiger partial charge in [-0.2, -0.15) is 0 Å². The molecule has 0 aliphatic carbocycles. The summed E-state index contributed by atoms with van der Waals surface area (Å²) in [5.74, 6) is 0.322. The first-order valence-electron chi connectivity index (χ1n) is 5.67. The molecule has 0 aliphatic heterocycles. The average Bonchev–Trinajstić information content (AvgIpc) is 2.31. The lowest BCUT2D eigenvalue weighted by atomic mass is 10.0. The molecule has 0 spiro atoms. The van der Waals surface area contributed by atoms with Crippen LogP contribution in [0.5, 0.6) is 0 Å². The van der Waals surface area contributed by atoms with E-state index in [4.69, 9.17) is 5.11 Å². The van der Waals surface area contributed by atoms with Gasteiger partial charge in [0.25, 0.3) is 0 Å². The normalized spacial score (nSPS) is 14.9. The third-order valence-electron chi connectivity index (χ3n) is 2.63. The highest BCUT2D eigenvalue weighted by Crippen LogP contribution is 2.15. The minimum absolute atomic E-state index is 0.248. The summed E-state index contributed by atoms with van der Waals surface area (Å²) >= 11 is 0. The molecule has 84 valence electrons. The second-order valence-electron chi connectivity index (χ2n) is 4.07. The minimum Gasteiger partial charge on any atom is -0.396 e. The monoisotopic (exact) mass is 207 g/mol. The van der Waals surface area contributed by atoms with E-state index in [1.165, 1.54) is 5.56 Å². The number of rotatable bonds is 6. The minimum atomic E-state index is 0.248. The Balaban J connectivity index is 2.50. The van der Waals surface area contributed by atoms with Crippen molar-refractivity contribution in [3.8, 4) is 0 Å².